The molecule has 0 aromatic heterocycles. The van der Waals surface area contributed by atoms with Crippen LogP contribution in [0.1, 0.15) is 16.7 Å². The van der Waals surface area contributed by atoms with Gasteiger partial charge in [-0.1, -0.05) is 29.8 Å². The van der Waals surface area contributed by atoms with Crippen LogP contribution >= 0.6 is 11.6 Å². The maximum atomic E-state index is 13.1. The lowest BCUT2D eigenvalue weighted by atomic mass is 10.0. The fourth-order valence-corrected chi connectivity index (χ4v) is 6.27. The number of fused-ring (bicyclic) bond motifs is 1. The minimum atomic E-state index is -3.20. The van der Waals surface area contributed by atoms with Crippen LogP contribution in [-0.2, 0) is 21.2 Å². The molecule has 4 rings (SSSR count). The molecule has 7 heteroatoms. The highest BCUT2D eigenvalue weighted by Gasteiger charge is 2.49. The molecule has 0 bridgehead atoms. The minimum Gasteiger partial charge on any atom is -0.306 e. The van der Waals surface area contributed by atoms with Crippen LogP contribution in [-0.4, -0.2) is 49.4 Å². The van der Waals surface area contributed by atoms with E-state index in [0.717, 1.165) is 22.4 Å². The number of hydrogen-bond acceptors (Lipinski definition) is 4. The molecule has 0 spiro atoms. The molecule has 2 atom stereocenters. The first-order valence-electron chi connectivity index (χ1n) is 9.32. The summed E-state index contributed by atoms with van der Waals surface area (Å²) in [6.07, 6.45) is 0. The molecule has 2 fully saturated rings. The number of rotatable bonds is 3. The van der Waals surface area contributed by atoms with Gasteiger partial charge in [0, 0.05) is 23.3 Å². The molecule has 5 nitrogen and oxygen atoms in total. The zero-order valence-electron chi connectivity index (χ0n) is 15.9. The number of benzene rings is 2. The number of nitrogens with zero attached hydrogens (tertiary/aromatic N) is 2. The average Bonchev–Trinajstić information content (AvgIpc) is 2.95. The van der Waals surface area contributed by atoms with Crippen molar-refractivity contribution in [2.24, 2.45) is 0 Å². The van der Waals surface area contributed by atoms with Gasteiger partial charge >= 0.3 is 0 Å². The van der Waals surface area contributed by atoms with E-state index in [2.05, 4.69) is 0 Å². The van der Waals surface area contributed by atoms with Gasteiger partial charge < -0.3 is 4.90 Å². The molecule has 2 aromatic rings. The van der Waals surface area contributed by atoms with Gasteiger partial charge in [0.05, 0.1) is 24.1 Å². The lowest BCUT2D eigenvalue weighted by molar-refractivity contribution is -0.123. The highest BCUT2D eigenvalue weighted by Crippen LogP contribution is 2.33. The van der Waals surface area contributed by atoms with Crippen molar-refractivity contribution in [2.45, 2.75) is 32.5 Å². The van der Waals surface area contributed by atoms with E-state index in [1.807, 2.05) is 61.2 Å². The van der Waals surface area contributed by atoms with Crippen molar-refractivity contribution in [3.63, 3.8) is 0 Å². The number of hydrogen-bond donors (Lipinski definition) is 0. The van der Waals surface area contributed by atoms with Crippen LogP contribution in [0.5, 0.6) is 0 Å². The van der Waals surface area contributed by atoms with Crippen LogP contribution in [0, 0.1) is 13.8 Å². The maximum absolute atomic E-state index is 13.1. The van der Waals surface area contributed by atoms with Crippen molar-refractivity contribution < 1.29 is 13.2 Å². The highest BCUT2D eigenvalue weighted by atomic mass is 35.5. The first kappa shape index (κ1) is 19.4. The molecule has 0 aliphatic carbocycles. The largest absolute Gasteiger partial charge is 0.306 e. The minimum absolute atomic E-state index is 0.00739. The summed E-state index contributed by atoms with van der Waals surface area (Å²) in [4.78, 5) is 16.8. The van der Waals surface area contributed by atoms with E-state index in [0.29, 0.717) is 11.6 Å². The molecule has 2 saturated heterocycles. The quantitative estimate of drug-likeness (QED) is 0.768. The third-order valence-corrected chi connectivity index (χ3v) is 7.72. The molecular formula is C21H23ClN2O3S. The first-order valence-corrected chi connectivity index (χ1v) is 11.5. The maximum Gasteiger partial charge on any atom is 0.241 e. The van der Waals surface area contributed by atoms with E-state index in [-0.39, 0.29) is 36.0 Å². The van der Waals surface area contributed by atoms with E-state index in [9.17, 15) is 13.2 Å². The van der Waals surface area contributed by atoms with Gasteiger partial charge in [-0.25, -0.2) is 8.42 Å². The third kappa shape index (κ3) is 3.69. The standard InChI is InChI=1S/C21H23ClN2O3S/c1-14-3-8-18(9-15(14)2)24-20-13-28(26,27)12-19(20)23(11-21(24)25)10-16-4-6-17(22)7-5-16/h3-9,19-20H,10-13H2,1-2H3. The van der Waals surface area contributed by atoms with Crippen molar-refractivity contribution in [1.82, 2.24) is 4.90 Å². The van der Waals surface area contributed by atoms with Crippen molar-refractivity contribution in [1.29, 1.82) is 0 Å². The summed E-state index contributed by atoms with van der Waals surface area (Å²) in [6, 6.07) is 12.8. The van der Waals surface area contributed by atoms with Crippen molar-refractivity contribution >= 4 is 33.0 Å². The van der Waals surface area contributed by atoms with Gasteiger partial charge in [-0.15, -0.1) is 0 Å². The number of carbonyl (C=O) groups excluding carboxylic acids is 1. The first-order chi connectivity index (χ1) is 13.2. The Balaban J connectivity index is 1.67. The summed E-state index contributed by atoms with van der Waals surface area (Å²) in [7, 11) is -3.20. The smallest absolute Gasteiger partial charge is 0.241 e. The predicted octanol–water partition coefficient (Wildman–Crippen LogP) is 2.97. The van der Waals surface area contributed by atoms with Gasteiger partial charge in [-0.2, -0.15) is 0 Å². The monoisotopic (exact) mass is 418 g/mol. The lowest BCUT2D eigenvalue weighted by Crippen LogP contribution is -2.61. The summed E-state index contributed by atoms with van der Waals surface area (Å²) in [5.74, 6) is 0.0309. The Morgan fingerprint density at radius 3 is 2.36 bits per heavy atom. The Hall–Kier alpha value is -1.89. The molecular weight excluding hydrogens is 396 g/mol. The van der Waals surface area contributed by atoms with E-state index in [1.54, 1.807) is 4.90 Å². The number of halogens is 1. The fraction of sp³-hybridized carbons (Fsp3) is 0.381. The van der Waals surface area contributed by atoms with Crippen LogP contribution in [0.3, 0.4) is 0 Å². The Morgan fingerprint density at radius 2 is 1.68 bits per heavy atom. The van der Waals surface area contributed by atoms with E-state index < -0.39 is 9.84 Å². The van der Waals surface area contributed by atoms with Crippen molar-refractivity contribution in [2.75, 3.05) is 23.0 Å². The molecule has 2 aliphatic rings. The van der Waals surface area contributed by atoms with E-state index in [1.165, 1.54) is 0 Å². The third-order valence-electron chi connectivity index (χ3n) is 5.77. The Bertz CT molecular complexity index is 1020. The van der Waals surface area contributed by atoms with Crippen LogP contribution in [0.25, 0.3) is 0 Å². The summed E-state index contributed by atoms with van der Waals surface area (Å²) >= 11 is 5.96. The number of carbonyl (C=O) groups is 1. The van der Waals surface area contributed by atoms with Gasteiger partial charge in [0.15, 0.2) is 9.84 Å². The van der Waals surface area contributed by atoms with E-state index >= 15 is 0 Å². The highest BCUT2D eigenvalue weighted by molar-refractivity contribution is 7.91. The molecule has 0 saturated carbocycles. The lowest BCUT2D eigenvalue weighted by Gasteiger charge is -2.43. The second-order valence-electron chi connectivity index (χ2n) is 7.78. The molecule has 2 aliphatic heterocycles. The second-order valence-corrected chi connectivity index (χ2v) is 10.4. The molecule has 2 heterocycles. The second kappa shape index (κ2) is 7.17. The number of anilines is 1. The van der Waals surface area contributed by atoms with Crippen LogP contribution in [0.15, 0.2) is 42.5 Å². The molecule has 148 valence electrons. The fourth-order valence-electron chi connectivity index (χ4n) is 4.17. The summed E-state index contributed by atoms with van der Waals surface area (Å²) in [6.45, 7) is 4.75. The van der Waals surface area contributed by atoms with Crippen molar-refractivity contribution in [3.05, 3.63) is 64.2 Å². The van der Waals surface area contributed by atoms with Crippen molar-refractivity contribution in [3.8, 4) is 0 Å². The summed E-state index contributed by atoms with van der Waals surface area (Å²) in [5, 5.41) is 0.653. The number of sulfone groups is 1. The number of piperazine rings is 1. The molecule has 1 amide bonds. The Morgan fingerprint density at radius 1 is 1.00 bits per heavy atom. The summed E-state index contributed by atoms with van der Waals surface area (Å²) < 4.78 is 24.9. The SMILES string of the molecule is Cc1ccc(N2C(=O)CN(Cc3ccc(Cl)cc3)C3CS(=O)(=O)CC32)cc1C. The normalized spacial score (nSPS) is 24.4. The van der Waals surface area contributed by atoms with Gasteiger partial charge in [0.25, 0.3) is 0 Å². The molecule has 0 N–H and O–H groups in total. The molecule has 2 aromatic carbocycles. The zero-order valence-corrected chi connectivity index (χ0v) is 17.5. The van der Waals surface area contributed by atoms with Gasteiger partial charge in [0.2, 0.25) is 5.91 Å². The molecule has 28 heavy (non-hydrogen) atoms. The zero-order chi connectivity index (χ0) is 20.1. The van der Waals surface area contributed by atoms with Crippen LogP contribution in [0.4, 0.5) is 5.69 Å². The predicted molar refractivity (Wildman–Crippen MR) is 111 cm³/mol. The number of aryl methyl sites for hydroxylation is 2. The summed E-state index contributed by atoms with van der Waals surface area (Å²) in [5.41, 5.74) is 4.03. The van der Waals surface area contributed by atoms with Gasteiger partial charge in [-0.3, -0.25) is 9.69 Å². The topological polar surface area (TPSA) is 57.7 Å². The van der Waals surface area contributed by atoms with Crippen LogP contribution in [0.2, 0.25) is 5.02 Å². The average molecular weight is 419 g/mol. The Labute approximate surface area is 170 Å². The van der Waals surface area contributed by atoms with Gasteiger partial charge in [0.1, 0.15) is 0 Å². The van der Waals surface area contributed by atoms with Crippen LogP contribution < -0.4 is 4.90 Å². The molecule has 2 unspecified atom stereocenters. The molecule has 0 radical (unpaired) electrons. The number of amides is 1. The van der Waals surface area contributed by atoms with E-state index in [4.69, 9.17) is 11.6 Å². The van der Waals surface area contributed by atoms with Gasteiger partial charge in [-0.05, 0) is 54.8 Å². The Kier molecular flexibility index (Phi) is 4.98.